The highest BCUT2D eigenvalue weighted by Crippen LogP contribution is 2.37. The second kappa shape index (κ2) is 15.7. The Balaban J connectivity index is 0.000000647. The maximum Gasteiger partial charge on any atom is 0.692 e. The van der Waals surface area contributed by atoms with Crippen LogP contribution in [0.5, 0.6) is 0 Å². The lowest BCUT2D eigenvalue weighted by Crippen LogP contribution is -1.97. The number of aromatic amines is 2. The fraction of sp³-hybridized carbons (Fsp3) is 0.267. The molecule has 46 heavy (non-hydrogen) atoms. The first kappa shape index (κ1) is 36.1. The molecule has 0 aromatic carbocycles. The highest BCUT2D eigenvalue weighted by Gasteiger charge is 2.22. The van der Waals surface area contributed by atoms with E-state index in [9.17, 15) is 19.8 Å². The van der Waals surface area contributed by atoms with Crippen LogP contribution in [0, 0.1) is 13.8 Å². The van der Waals surface area contributed by atoms with Crippen molar-refractivity contribution in [3.63, 3.8) is 0 Å². The lowest BCUT2D eigenvalue weighted by Gasteiger charge is -2.05. The van der Waals surface area contributed by atoms with Crippen LogP contribution in [-0.4, -0.2) is 61.7 Å². The van der Waals surface area contributed by atoms with Gasteiger partial charge in [-0.1, -0.05) is 0 Å². The molecule has 8 N–H and O–H groups in total. The van der Waals surface area contributed by atoms with Crippen molar-refractivity contribution in [3.8, 4) is 0 Å². The summed E-state index contributed by atoms with van der Waals surface area (Å²) in [6.07, 6.45) is 0.647. The van der Waals surface area contributed by atoms with Gasteiger partial charge in [0.25, 0.3) is 0 Å². The van der Waals surface area contributed by atoms with Gasteiger partial charge in [-0.05, 0) is 110 Å². The summed E-state index contributed by atoms with van der Waals surface area (Å²) in [7, 11) is -5.74. The molecule has 3 aromatic rings. The zero-order valence-electron chi connectivity index (χ0n) is 25.4. The van der Waals surface area contributed by atoms with Gasteiger partial charge in [-0.25, -0.2) is 9.97 Å². The van der Waals surface area contributed by atoms with Gasteiger partial charge in [0.15, 0.2) is 0 Å². The Morgan fingerprint density at radius 1 is 0.609 bits per heavy atom. The van der Waals surface area contributed by atoms with E-state index in [-0.39, 0.29) is 12.8 Å². The molecule has 3 aromatic heterocycles. The maximum absolute atomic E-state index is 11.4. The number of nitrogens with one attached hydrogen (secondary N) is 2. The number of aryl methyl sites for hydroxylation is 2. The van der Waals surface area contributed by atoms with Crippen LogP contribution >= 0.6 is 16.5 Å². The molecule has 0 atom stereocenters. The molecular weight excluding hydrogens is 638 g/mol. The summed E-state index contributed by atoms with van der Waals surface area (Å²) in [6, 6.07) is 12.1. The molecule has 0 saturated carbocycles. The second-order valence-corrected chi connectivity index (χ2v) is 11.5. The smallest absolute Gasteiger partial charge is 0.481 e. The van der Waals surface area contributed by atoms with Gasteiger partial charge in [0.05, 0.1) is 22.8 Å². The van der Waals surface area contributed by atoms with E-state index in [1.165, 1.54) is 0 Å². The molecule has 2 aliphatic heterocycles. The van der Waals surface area contributed by atoms with E-state index in [1.54, 1.807) is 0 Å². The number of carboxylic acid groups (broad SMARTS) is 2. The van der Waals surface area contributed by atoms with Crippen LogP contribution in [0.25, 0.3) is 44.4 Å². The Kier molecular flexibility index (Phi) is 12.3. The zero-order valence-corrected chi connectivity index (χ0v) is 27.2. The number of H-pyrrole nitrogens is 2. The fourth-order valence-corrected chi connectivity index (χ4v) is 5.10. The van der Waals surface area contributed by atoms with Gasteiger partial charge in [-0.3, -0.25) is 9.59 Å². The predicted molar refractivity (Wildman–Crippen MR) is 173 cm³/mol. The van der Waals surface area contributed by atoms with Gasteiger partial charge in [0, 0.05) is 44.0 Å². The number of hydrogen-bond donors (Lipinski definition) is 8. The highest BCUT2D eigenvalue weighted by molar-refractivity contribution is 7.31. The minimum Gasteiger partial charge on any atom is -0.481 e. The van der Waals surface area contributed by atoms with Crippen molar-refractivity contribution >= 4 is 72.8 Å². The Hall–Kier alpha value is -4.42. The third kappa shape index (κ3) is 9.79. The van der Waals surface area contributed by atoms with E-state index in [2.05, 4.69) is 35.1 Å². The molecule has 0 radical (unpaired) electrons. The summed E-state index contributed by atoms with van der Waals surface area (Å²) < 4.78 is 17.4. The van der Waals surface area contributed by atoms with Crippen LogP contribution in [0.3, 0.4) is 0 Å². The van der Waals surface area contributed by atoms with Crippen LogP contribution in [-0.2, 0) is 18.7 Å². The zero-order chi connectivity index (χ0) is 34.3. The number of aromatic nitrogens is 4. The van der Waals surface area contributed by atoms with Crippen LogP contribution < -0.4 is 0 Å². The summed E-state index contributed by atoms with van der Waals surface area (Å²) in [6.45, 7) is 8.01. The molecule has 242 valence electrons. The molecule has 14 nitrogen and oxygen atoms in total. The number of carboxylic acids is 2. The fourth-order valence-electron chi connectivity index (χ4n) is 5.10. The molecule has 5 rings (SSSR count). The van der Waals surface area contributed by atoms with Crippen LogP contribution in [0.1, 0.15) is 73.4 Å². The SMILES string of the molecule is CC1=C(CCC(=O)O)c2cc3nc(cc4[nH]c(cc4C)cc4[nH]c(cc1n2)cc4C)C(C)=C3CCC(=O)O.O=[P+](O)O.O=[P+](O)O. The first-order chi connectivity index (χ1) is 21.5. The molecule has 0 amide bonds. The average Bonchev–Trinajstić information content (AvgIpc) is 3.62. The summed E-state index contributed by atoms with van der Waals surface area (Å²) in [5.74, 6) is -1.75. The third-order valence-electron chi connectivity index (χ3n) is 7.25. The van der Waals surface area contributed by atoms with Gasteiger partial charge in [0.1, 0.15) is 0 Å². The minimum atomic E-state index is -2.87. The number of hydrogen-bond acceptors (Lipinski definition) is 6. The van der Waals surface area contributed by atoms with Crippen LogP contribution in [0.4, 0.5) is 0 Å². The third-order valence-corrected chi connectivity index (χ3v) is 7.25. The first-order valence-corrected chi connectivity index (χ1v) is 16.1. The van der Waals surface area contributed by atoms with Crippen molar-refractivity contribution in [1.82, 2.24) is 19.9 Å². The first-order valence-electron chi connectivity index (χ1n) is 13.8. The summed E-state index contributed by atoms with van der Waals surface area (Å²) in [4.78, 5) is 68.1. The van der Waals surface area contributed by atoms with Crippen molar-refractivity contribution in [3.05, 3.63) is 70.3 Å². The Bertz CT molecular complexity index is 1920. The van der Waals surface area contributed by atoms with Crippen LogP contribution in [0.15, 0.2) is 36.4 Å². The van der Waals surface area contributed by atoms with Gasteiger partial charge < -0.3 is 20.2 Å². The molecule has 0 saturated heterocycles. The van der Waals surface area contributed by atoms with E-state index in [4.69, 9.17) is 38.7 Å². The van der Waals surface area contributed by atoms with E-state index < -0.39 is 28.4 Å². The van der Waals surface area contributed by atoms with Crippen molar-refractivity contribution in [2.45, 2.75) is 53.4 Å². The normalized spacial score (nSPS) is 12.2. The lowest BCUT2D eigenvalue weighted by atomic mass is 9.98. The highest BCUT2D eigenvalue weighted by atomic mass is 31.1. The van der Waals surface area contributed by atoms with Crippen molar-refractivity contribution < 1.29 is 48.5 Å². The number of allylic oxidation sites excluding steroid dienone is 4. The van der Waals surface area contributed by atoms with Gasteiger partial charge in [-0.2, -0.15) is 0 Å². The van der Waals surface area contributed by atoms with Crippen molar-refractivity contribution in [1.29, 1.82) is 0 Å². The van der Waals surface area contributed by atoms with Crippen molar-refractivity contribution in [2.24, 2.45) is 0 Å². The topological polar surface area (TPSA) is 247 Å². The van der Waals surface area contributed by atoms with E-state index in [0.29, 0.717) is 24.2 Å². The number of aliphatic carboxylic acids is 2. The predicted octanol–water partition coefficient (Wildman–Crippen LogP) is 5.78. The number of carbonyl (C=O) groups is 2. The molecular formula is C30H34N4O10P2+2. The quantitative estimate of drug-likeness (QED) is 0.145. The minimum absolute atomic E-state index is 0.0138. The lowest BCUT2D eigenvalue weighted by molar-refractivity contribution is -0.137. The van der Waals surface area contributed by atoms with E-state index >= 15 is 0 Å². The number of rotatable bonds is 6. The van der Waals surface area contributed by atoms with Gasteiger partial charge in [-0.15, -0.1) is 19.6 Å². The molecule has 2 aliphatic rings. The Labute approximate surface area is 264 Å². The molecule has 0 unspecified atom stereocenters. The monoisotopic (exact) mass is 672 g/mol. The second-order valence-electron chi connectivity index (χ2n) is 10.5. The standard InChI is InChI=1S/C30H30N4O4.2HO3P/c1-15-9-20-12-25-17(3)21(5-7-29(35)36)27(33-25)14-28-22(6-8-30(37)38)18(4)26(34-28)13-24-16(2)10-19(32-24)11-23(15)31-20;2*1-4(2)3/h9-14,31-32H,5-8H2,1-4H3,(H,35,36)(H,37,38);2*(H-,1,2,3)/p+2. The van der Waals surface area contributed by atoms with E-state index in [0.717, 1.165) is 66.9 Å². The van der Waals surface area contributed by atoms with E-state index in [1.807, 2.05) is 39.0 Å². The molecule has 8 bridgehead atoms. The molecule has 5 heterocycles. The van der Waals surface area contributed by atoms with Crippen molar-refractivity contribution in [2.75, 3.05) is 0 Å². The summed E-state index contributed by atoms with van der Waals surface area (Å²) in [5, 5.41) is 18.7. The molecule has 0 fully saturated rings. The summed E-state index contributed by atoms with van der Waals surface area (Å²) >= 11 is 0. The molecule has 0 spiro atoms. The Morgan fingerprint density at radius 3 is 1.39 bits per heavy atom. The Morgan fingerprint density at radius 2 is 0.978 bits per heavy atom. The largest absolute Gasteiger partial charge is 0.692 e. The maximum atomic E-state index is 11.4. The average molecular weight is 673 g/mol. The number of nitrogens with zero attached hydrogens (tertiary/aromatic N) is 2. The van der Waals surface area contributed by atoms with Gasteiger partial charge in [0.2, 0.25) is 0 Å². The molecule has 16 heteroatoms. The number of fused-ring (bicyclic) bond motifs is 8. The van der Waals surface area contributed by atoms with Gasteiger partial charge >= 0.3 is 28.4 Å². The molecule has 0 aliphatic carbocycles. The van der Waals surface area contributed by atoms with Crippen LogP contribution in [0.2, 0.25) is 0 Å². The summed E-state index contributed by atoms with van der Waals surface area (Å²) in [5.41, 5.74) is 12.4.